The van der Waals surface area contributed by atoms with Crippen LogP contribution in [0.25, 0.3) is 0 Å². The SMILES string of the molecule is CN=C(NCCS(=O)(=O)C(C)(C)C)NCC(C)Oc1ccccc1C. The van der Waals surface area contributed by atoms with E-state index in [1.165, 1.54) is 0 Å². The summed E-state index contributed by atoms with van der Waals surface area (Å²) in [5.74, 6) is 1.48. The third kappa shape index (κ3) is 6.94. The number of hydrogen-bond acceptors (Lipinski definition) is 4. The molecule has 0 saturated carbocycles. The van der Waals surface area contributed by atoms with Gasteiger partial charge in [0.25, 0.3) is 0 Å². The Hall–Kier alpha value is -1.76. The summed E-state index contributed by atoms with van der Waals surface area (Å²) in [6, 6.07) is 7.86. The minimum absolute atomic E-state index is 0.0574. The molecule has 0 fully saturated rings. The van der Waals surface area contributed by atoms with Crippen LogP contribution in [0.3, 0.4) is 0 Å². The summed E-state index contributed by atoms with van der Waals surface area (Å²) < 4.78 is 29.4. The lowest BCUT2D eigenvalue weighted by molar-refractivity contribution is 0.222. The molecule has 1 unspecified atom stereocenters. The molecule has 0 heterocycles. The summed E-state index contributed by atoms with van der Waals surface area (Å²) >= 11 is 0. The quantitative estimate of drug-likeness (QED) is 0.569. The lowest BCUT2D eigenvalue weighted by Crippen LogP contribution is -2.44. The maximum absolute atomic E-state index is 12.1. The van der Waals surface area contributed by atoms with Crippen molar-refractivity contribution < 1.29 is 13.2 Å². The first-order chi connectivity index (χ1) is 11.6. The summed E-state index contributed by atoms with van der Waals surface area (Å²) in [4.78, 5) is 4.11. The van der Waals surface area contributed by atoms with Crippen LogP contribution in [0.1, 0.15) is 33.3 Å². The summed E-state index contributed by atoms with van der Waals surface area (Å²) in [7, 11) is -1.50. The van der Waals surface area contributed by atoms with Gasteiger partial charge in [0.1, 0.15) is 11.9 Å². The average Bonchev–Trinajstić information content (AvgIpc) is 2.51. The molecule has 2 N–H and O–H groups in total. The minimum Gasteiger partial charge on any atom is -0.489 e. The van der Waals surface area contributed by atoms with E-state index < -0.39 is 14.6 Å². The first-order valence-electron chi connectivity index (χ1n) is 8.46. The maximum atomic E-state index is 12.1. The summed E-state index contributed by atoms with van der Waals surface area (Å²) in [6.45, 7) is 9.97. The Labute approximate surface area is 152 Å². The Morgan fingerprint density at radius 1 is 1.24 bits per heavy atom. The molecule has 1 atom stereocenters. The Morgan fingerprint density at radius 2 is 1.88 bits per heavy atom. The highest BCUT2D eigenvalue weighted by Gasteiger charge is 2.28. The predicted molar refractivity (Wildman–Crippen MR) is 104 cm³/mol. The Kier molecular flexibility index (Phi) is 7.73. The molecular formula is C18H31N3O3S. The molecular weight excluding hydrogens is 338 g/mol. The zero-order valence-corrected chi connectivity index (χ0v) is 16.9. The standard InChI is InChI=1S/C18H31N3O3S/c1-14-9-7-8-10-16(14)24-15(2)13-21-17(19-6)20-11-12-25(22,23)18(3,4)5/h7-10,15H,11-13H2,1-6H3,(H2,19,20,21). The van der Waals surface area contributed by atoms with Gasteiger partial charge in [-0.25, -0.2) is 8.42 Å². The maximum Gasteiger partial charge on any atom is 0.191 e. The van der Waals surface area contributed by atoms with Gasteiger partial charge < -0.3 is 15.4 Å². The molecule has 0 radical (unpaired) electrons. The molecule has 0 aliphatic carbocycles. The second kappa shape index (κ2) is 9.08. The van der Waals surface area contributed by atoms with Crippen LogP contribution in [0.4, 0.5) is 0 Å². The Bertz CT molecular complexity index is 679. The van der Waals surface area contributed by atoms with E-state index in [2.05, 4.69) is 15.6 Å². The van der Waals surface area contributed by atoms with Crippen molar-refractivity contribution in [2.45, 2.75) is 45.5 Å². The van der Waals surface area contributed by atoms with Crippen molar-refractivity contribution >= 4 is 15.8 Å². The van der Waals surface area contributed by atoms with Gasteiger partial charge in [0, 0.05) is 13.6 Å². The first kappa shape index (κ1) is 21.3. The van der Waals surface area contributed by atoms with Crippen molar-refractivity contribution in [2.75, 3.05) is 25.9 Å². The second-order valence-electron chi connectivity index (χ2n) is 7.01. The van der Waals surface area contributed by atoms with E-state index in [-0.39, 0.29) is 11.9 Å². The number of hydrogen-bond donors (Lipinski definition) is 2. The minimum atomic E-state index is -3.15. The van der Waals surface area contributed by atoms with Crippen molar-refractivity contribution in [1.82, 2.24) is 10.6 Å². The van der Waals surface area contributed by atoms with E-state index in [1.807, 2.05) is 38.1 Å². The molecule has 0 saturated heterocycles. The van der Waals surface area contributed by atoms with E-state index in [4.69, 9.17) is 4.74 Å². The van der Waals surface area contributed by atoms with Crippen LogP contribution in [0.2, 0.25) is 0 Å². The van der Waals surface area contributed by atoms with E-state index >= 15 is 0 Å². The number of nitrogens with zero attached hydrogens (tertiary/aromatic N) is 1. The molecule has 0 amide bonds. The summed E-state index contributed by atoms with van der Waals surface area (Å²) in [5.41, 5.74) is 1.09. The van der Waals surface area contributed by atoms with Crippen LogP contribution < -0.4 is 15.4 Å². The molecule has 0 aliphatic heterocycles. The van der Waals surface area contributed by atoms with Crippen molar-refractivity contribution in [3.8, 4) is 5.75 Å². The second-order valence-corrected chi connectivity index (χ2v) is 9.87. The molecule has 0 spiro atoms. The molecule has 7 heteroatoms. The van der Waals surface area contributed by atoms with Crippen LogP contribution in [0.15, 0.2) is 29.3 Å². The van der Waals surface area contributed by atoms with Crippen molar-refractivity contribution in [3.05, 3.63) is 29.8 Å². The Morgan fingerprint density at radius 3 is 2.44 bits per heavy atom. The smallest absolute Gasteiger partial charge is 0.191 e. The van der Waals surface area contributed by atoms with Crippen LogP contribution in [-0.2, 0) is 9.84 Å². The zero-order valence-electron chi connectivity index (χ0n) is 16.1. The summed E-state index contributed by atoms with van der Waals surface area (Å²) in [5, 5.41) is 6.19. The van der Waals surface area contributed by atoms with Gasteiger partial charge in [-0.2, -0.15) is 0 Å². The van der Waals surface area contributed by atoms with Crippen LogP contribution in [0.5, 0.6) is 5.75 Å². The number of rotatable bonds is 7. The van der Waals surface area contributed by atoms with E-state index in [1.54, 1.807) is 27.8 Å². The van der Waals surface area contributed by atoms with Gasteiger partial charge in [-0.15, -0.1) is 0 Å². The topological polar surface area (TPSA) is 79.8 Å². The van der Waals surface area contributed by atoms with E-state index in [9.17, 15) is 8.42 Å². The number of benzene rings is 1. The van der Waals surface area contributed by atoms with Gasteiger partial charge in [-0.05, 0) is 46.2 Å². The normalized spacial score (nSPS) is 14.1. The molecule has 142 valence electrons. The molecule has 1 aromatic rings. The van der Waals surface area contributed by atoms with Gasteiger partial charge in [-0.3, -0.25) is 4.99 Å². The van der Waals surface area contributed by atoms with Gasteiger partial charge in [0.2, 0.25) is 0 Å². The van der Waals surface area contributed by atoms with Crippen LogP contribution in [-0.4, -0.2) is 51.1 Å². The fourth-order valence-corrected chi connectivity index (χ4v) is 3.00. The molecule has 25 heavy (non-hydrogen) atoms. The number of aryl methyl sites for hydroxylation is 1. The van der Waals surface area contributed by atoms with Gasteiger partial charge in [-0.1, -0.05) is 18.2 Å². The molecule has 0 bridgehead atoms. The van der Waals surface area contributed by atoms with Gasteiger partial charge in [0.05, 0.1) is 17.0 Å². The highest BCUT2D eigenvalue weighted by atomic mass is 32.2. The Balaban J connectivity index is 2.43. The summed E-state index contributed by atoms with van der Waals surface area (Å²) in [6.07, 6.45) is -0.0574. The fraction of sp³-hybridized carbons (Fsp3) is 0.611. The largest absolute Gasteiger partial charge is 0.489 e. The third-order valence-corrected chi connectivity index (χ3v) is 6.41. The average molecular weight is 370 g/mol. The molecule has 1 aromatic carbocycles. The number of ether oxygens (including phenoxy) is 1. The number of para-hydroxylation sites is 1. The molecule has 0 aromatic heterocycles. The highest BCUT2D eigenvalue weighted by molar-refractivity contribution is 7.92. The van der Waals surface area contributed by atoms with E-state index in [0.29, 0.717) is 19.0 Å². The number of guanidine groups is 1. The molecule has 6 nitrogen and oxygen atoms in total. The molecule has 1 rings (SSSR count). The zero-order chi connectivity index (χ0) is 19.1. The highest BCUT2D eigenvalue weighted by Crippen LogP contribution is 2.17. The van der Waals surface area contributed by atoms with Gasteiger partial charge >= 0.3 is 0 Å². The van der Waals surface area contributed by atoms with Crippen LogP contribution >= 0.6 is 0 Å². The van der Waals surface area contributed by atoms with Crippen LogP contribution in [0, 0.1) is 6.92 Å². The monoisotopic (exact) mass is 369 g/mol. The number of sulfone groups is 1. The van der Waals surface area contributed by atoms with E-state index in [0.717, 1.165) is 11.3 Å². The lowest BCUT2D eigenvalue weighted by Gasteiger charge is -2.21. The number of nitrogens with one attached hydrogen (secondary N) is 2. The fourth-order valence-electron chi connectivity index (χ4n) is 2.02. The first-order valence-corrected chi connectivity index (χ1v) is 10.1. The van der Waals surface area contributed by atoms with Crippen molar-refractivity contribution in [3.63, 3.8) is 0 Å². The molecule has 0 aliphatic rings. The third-order valence-electron chi connectivity index (χ3n) is 3.80. The van der Waals surface area contributed by atoms with Crippen molar-refractivity contribution in [2.24, 2.45) is 4.99 Å². The number of aliphatic imine (C=N–C) groups is 1. The lowest BCUT2D eigenvalue weighted by atomic mass is 10.2. The van der Waals surface area contributed by atoms with Crippen molar-refractivity contribution in [1.29, 1.82) is 0 Å². The predicted octanol–water partition coefficient (Wildman–Crippen LogP) is 2.14. The van der Waals surface area contributed by atoms with Gasteiger partial charge in [0.15, 0.2) is 15.8 Å².